The molecule has 0 radical (unpaired) electrons. The van der Waals surface area contributed by atoms with Gasteiger partial charge in [0, 0.05) is 12.6 Å². The molecule has 4 aliphatic carbocycles. The van der Waals surface area contributed by atoms with Crippen molar-refractivity contribution in [3.05, 3.63) is 30.4 Å². The van der Waals surface area contributed by atoms with Gasteiger partial charge in [0.15, 0.2) is 0 Å². The molecule has 0 aromatic carbocycles. The van der Waals surface area contributed by atoms with Crippen molar-refractivity contribution in [2.75, 3.05) is 0 Å². The Morgan fingerprint density at radius 3 is 2.67 bits per heavy atom. The minimum absolute atomic E-state index is 0.298. The first-order valence-corrected chi connectivity index (χ1v) is 14.2. The Morgan fingerprint density at radius 2 is 1.91 bits per heavy atom. The molecule has 3 heteroatoms. The van der Waals surface area contributed by atoms with Crippen LogP contribution in [-0.4, -0.2) is 15.8 Å². The molecular weight excluding hydrogens is 404 g/mol. The molecule has 5 rings (SSSR count). The molecule has 3 saturated carbocycles. The standard InChI is InChI=1S/C30H48N2O/c1-21(2)7-6-8-22(3)26-11-12-27-25-10-9-23-19-24(33-32-18-17-31-20-32)13-15-29(23,4)28(25)14-16-30(26,27)5/h9,17-18,20-22,24-28H,6-8,10-16,19H2,1-5H3/t22-,24+,25+,26-,27+,28+,29+,30-/m1/s1. The molecule has 0 spiro atoms. The highest BCUT2D eigenvalue weighted by Crippen LogP contribution is 2.67. The van der Waals surface area contributed by atoms with Crippen LogP contribution in [0.2, 0.25) is 0 Å². The summed E-state index contributed by atoms with van der Waals surface area (Å²) in [6.07, 6.45) is 23.5. The number of hydrogen-bond donors (Lipinski definition) is 0. The van der Waals surface area contributed by atoms with E-state index in [1.54, 1.807) is 22.8 Å². The van der Waals surface area contributed by atoms with Crippen LogP contribution in [0.25, 0.3) is 0 Å². The highest BCUT2D eigenvalue weighted by Gasteiger charge is 2.59. The molecule has 0 aliphatic heterocycles. The van der Waals surface area contributed by atoms with Crippen molar-refractivity contribution >= 4 is 0 Å². The maximum atomic E-state index is 6.21. The van der Waals surface area contributed by atoms with Gasteiger partial charge >= 0.3 is 0 Å². The fraction of sp³-hybridized carbons (Fsp3) is 0.833. The lowest BCUT2D eigenvalue weighted by molar-refractivity contribution is -0.0652. The summed E-state index contributed by atoms with van der Waals surface area (Å²) in [7, 11) is 0. The molecular formula is C30H48N2O. The molecule has 3 nitrogen and oxygen atoms in total. The van der Waals surface area contributed by atoms with Crippen molar-refractivity contribution in [2.45, 2.75) is 111 Å². The summed E-state index contributed by atoms with van der Waals surface area (Å²) in [6, 6.07) is 0. The van der Waals surface area contributed by atoms with E-state index in [1.807, 2.05) is 6.20 Å². The van der Waals surface area contributed by atoms with Gasteiger partial charge in [-0.05, 0) is 91.3 Å². The first-order chi connectivity index (χ1) is 15.8. The number of imidazole rings is 1. The van der Waals surface area contributed by atoms with Crippen LogP contribution in [0, 0.1) is 46.3 Å². The predicted octanol–water partition coefficient (Wildman–Crippen LogP) is 7.72. The van der Waals surface area contributed by atoms with Crippen molar-refractivity contribution in [1.29, 1.82) is 0 Å². The van der Waals surface area contributed by atoms with E-state index in [0.29, 0.717) is 16.9 Å². The third-order valence-electron chi connectivity index (χ3n) is 11.0. The maximum absolute atomic E-state index is 6.21. The number of aromatic nitrogens is 2. The van der Waals surface area contributed by atoms with Gasteiger partial charge in [0.05, 0.1) is 6.20 Å². The molecule has 0 unspecified atom stereocenters. The lowest BCUT2D eigenvalue weighted by Crippen LogP contribution is -2.51. The van der Waals surface area contributed by atoms with Crippen LogP contribution < -0.4 is 4.84 Å². The monoisotopic (exact) mass is 452 g/mol. The van der Waals surface area contributed by atoms with Crippen LogP contribution >= 0.6 is 0 Å². The van der Waals surface area contributed by atoms with Gasteiger partial charge in [0.2, 0.25) is 0 Å². The Balaban J connectivity index is 1.27. The molecule has 0 saturated heterocycles. The molecule has 4 aliphatic rings. The third-order valence-corrected chi connectivity index (χ3v) is 11.0. The van der Waals surface area contributed by atoms with Crippen molar-refractivity contribution in [1.82, 2.24) is 9.71 Å². The van der Waals surface area contributed by atoms with Crippen molar-refractivity contribution in [2.24, 2.45) is 46.3 Å². The van der Waals surface area contributed by atoms with Gasteiger partial charge in [-0.15, -0.1) is 0 Å². The van der Waals surface area contributed by atoms with Crippen LogP contribution in [0.5, 0.6) is 0 Å². The Bertz CT molecular complexity index is 828. The third kappa shape index (κ3) is 4.20. The summed E-state index contributed by atoms with van der Waals surface area (Å²) in [6.45, 7) is 12.7. The van der Waals surface area contributed by atoms with E-state index in [-0.39, 0.29) is 0 Å². The Morgan fingerprint density at radius 1 is 1.06 bits per heavy atom. The quantitative estimate of drug-likeness (QED) is 0.396. The number of fused-ring (bicyclic) bond motifs is 5. The number of hydrogen-bond acceptors (Lipinski definition) is 2. The second kappa shape index (κ2) is 9.08. The highest BCUT2D eigenvalue weighted by molar-refractivity contribution is 5.25. The van der Waals surface area contributed by atoms with Crippen molar-refractivity contribution < 1.29 is 4.84 Å². The molecule has 3 fully saturated rings. The number of nitrogens with zero attached hydrogens (tertiary/aromatic N) is 2. The van der Waals surface area contributed by atoms with Crippen molar-refractivity contribution in [3.63, 3.8) is 0 Å². The summed E-state index contributed by atoms with van der Waals surface area (Å²) in [4.78, 5) is 10.4. The van der Waals surface area contributed by atoms with Crippen LogP contribution in [0.15, 0.2) is 30.4 Å². The van der Waals surface area contributed by atoms with E-state index >= 15 is 0 Å². The second-order valence-electron chi connectivity index (χ2n) is 13.2. The fourth-order valence-corrected chi connectivity index (χ4v) is 9.22. The SMILES string of the molecule is CC(C)CCC[C@@H](C)[C@H]1CC[C@H]2[C@@H]3CC=C4C[C@@H](On5ccnc5)CC[C@]4(C)[C@H]3CC[C@]12C. The summed E-state index contributed by atoms with van der Waals surface area (Å²) in [5.41, 5.74) is 2.70. The average Bonchev–Trinajstić information content (AvgIpc) is 3.40. The minimum atomic E-state index is 0.298. The summed E-state index contributed by atoms with van der Waals surface area (Å²) in [5.74, 6) is 5.45. The minimum Gasteiger partial charge on any atom is -0.409 e. The second-order valence-corrected chi connectivity index (χ2v) is 13.2. The molecule has 1 aromatic heterocycles. The van der Waals surface area contributed by atoms with E-state index in [4.69, 9.17) is 4.84 Å². The largest absolute Gasteiger partial charge is 0.409 e. The summed E-state index contributed by atoms with van der Waals surface area (Å²) in [5, 5.41) is 0. The molecule has 0 bridgehead atoms. The zero-order chi connectivity index (χ0) is 23.2. The summed E-state index contributed by atoms with van der Waals surface area (Å²) < 4.78 is 1.80. The molecule has 184 valence electrons. The smallest absolute Gasteiger partial charge is 0.131 e. The van der Waals surface area contributed by atoms with Gasteiger partial charge in [0.25, 0.3) is 0 Å². The fourth-order valence-electron chi connectivity index (χ4n) is 9.22. The average molecular weight is 453 g/mol. The van der Waals surface area contributed by atoms with Crippen LogP contribution in [0.4, 0.5) is 0 Å². The lowest BCUT2D eigenvalue weighted by atomic mass is 9.47. The van der Waals surface area contributed by atoms with Gasteiger partial charge < -0.3 is 4.84 Å². The molecule has 1 heterocycles. The molecule has 0 amide bonds. The van der Waals surface area contributed by atoms with Gasteiger partial charge in [0.1, 0.15) is 12.4 Å². The number of allylic oxidation sites excluding steroid dienone is 1. The van der Waals surface area contributed by atoms with Crippen LogP contribution in [-0.2, 0) is 0 Å². The molecule has 8 atom stereocenters. The zero-order valence-corrected chi connectivity index (χ0v) is 21.9. The molecule has 33 heavy (non-hydrogen) atoms. The van der Waals surface area contributed by atoms with E-state index in [2.05, 4.69) is 45.7 Å². The molecule has 0 N–H and O–H groups in total. The van der Waals surface area contributed by atoms with E-state index in [9.17, 15) is 0 Å². The maximum Gasteiger partial charge on any atom is 0.131 e. The van der Waals surface area contributed by atoms with Gasteiger partial charge in [-0.1, -0.05) is 65.5 Å². The van der Waals surface area contributed by atoms with E-state index < -0.39 is 0 Å². The van der Waals surface area contributed by atoms with Crippen LogP contribution in [0.1, 0.15) is 105 Å². The van der Waals surface area contributed by atoms with Gasteiger partial charge in [-0.3, -0.25) is 0 Å². The first-order valence-electron chi connectivity index (χ1n) is 14.2. The van der Waals surface area contributed by atoms with Gasteiger partial charge in [-0.2, -0.15) is 4.73 Å². The van der Waals surface area contributed by atoms with Crippen LogP contribution in [0.3, 0.4) is 0 Å². The van der Waals surface area contributed by atoms with Gasteiger partial charge in [-0.25, -0.2) is 4.98 Å². The molecule has 1 aromatic rings. The Labute approximate surface area is 202 Å². The summed E-state index contributed by atoms with van der Waals surface area (Å²) >= 11 is 0. The van der Waals surface area contributed by atoms with E-state index in [1.165, 1.54) is 64.2 Å². The lowest BCUT2D eigenvalue weighted by Gasteiger charge is -2.58. The highest BCUT2D eigenvalue weighted by atomic mass is 16.7. The normalized spacial score (nSPS) is 41.2. The van der Waals surface area contributed by atoms with E-state index in [0.717, 1.165) is 41.9 Å². The topological polar surface area (TPSA) is 27.1 Å². The van der Waals surface area contributed by atoms with Crippen molar-refractivity contribution in [3.8, 4) is 0 Å². The first kappa shape index (κ1) is 23.5. The zero-order valence-electron chi connectivity index (χ0n) is 21.9. The number of rotatable bonds is 7. The predicted molar refractivity (Wildman–Crippen MR) is 136 cm³/mol. The Kier molecular flexibility index (Phi) is 6.46. The Hall–Kier alpha value is -1.25.